The third-order valence-corrected chi connectivity index (χ3v) is 1.79. The Morgan fingerprint density at radius 1 is 1.00 bits per heavy atom. The van der Waals surface area contributed by atoms with E-state index >= 15 is 0 Å². The van der Waals surface area contributed by atoms with Gasteiger partial charge in [-0.05, 0) is 25.8 Å². The molecule has 0 aliphatic rings. The summed E-state index contributed by atoms with van der Waals surface area (Å²) in [6, 6.07) is 0. The molecule has 0 atom stereocenters. The normalized spacial score (nSPS) is 11.4. The summed E-state index contributed by atoms with van der Waals surface area (Å²) in [6.07, 6.45) is 12.5. The summed E-state index contributed by atoms with van der Waals surface area (Å²) >= 11 is 0. The molecule has 0 saturated carbocycles. The van der Waals surface area contributed by atoms with Crippen LogP contribution in [-0.4, -0.2) is 11.6 Å². The van der Waals surface area contributed by atoms with Crippen molar-refractivity contribution in [1.29, 1.82) is 0 Å². The van der Waals surface area contributed by atoms with Gasteiger partial charge < -0.3 is 4.84 Å². The van der Waals surface area contributed by atoms with Gasteiger partial charge in [-0.3, -0.25) is 0 Å². The van der Waals surface area contributed by atoms with Crippen LogP contribution in [0.4, 0.5) is 0 Å². The maximum absolute atomic E-state index is 5.41. The lowest BCUT2D eigenvalue weighted by atomic mass is 10.3. The van der Waals surface area contributed by atoms with E-state index in [-0.39, 0.29) is 0 Å². The van der Waals surface area contributed by atoms with Crippen molar-refractivity contribution < 1.29 is 4.84 Å². The first-order valence-electron chi connectivity index (χ1n) is 5.60. The van der Waals surface area contributed by atoms with Crippen LogP contribution in [0.2, 0.25) is 0 Å². The predicted octanol–water partition coefficient (Wildman–Crippen LogP) is 3.87. The van der Waals surface area contributed by atoms with Crippen LogP contribution in [0.1, 0.15) is 46.5 Å². The van der Waals surface area contributed by atoms with Gasteiger partial charge in [0.25, 0.3) is 0 Å². The number of hydrogen-bond acceptors (Lipinski definition) is 2. The van der Waals surface area contributed by atoms with Crippen LogP contribution in [0.3, 0.4) is 0 Å². The average molecular weight is 197 g/mol. The Morgan fingerprint density at radius 3 is 2.21 bits per heavy atom. The number of nitrogens with zero attached hydrogens (tertiary/aromatic N) is 1. The molecular weight excluding hydrogens is 174 g/mol. The Hall–Kier alpha value is -0.920. The Morgan fingerprint density at radius 2 is 1.64 bits per heavy atom. The molecule has 0 aliphatic carbocycles. The predicted molar refractivity (Wildman–Crippen MR) is 61.6 cm³/mol. The van der Waals surface area contributed by atoms with E-state index in [9.17, 15) is 0 Å². The zero-order valence-electron chi connectivity index (χ0n) is 9.70. The number of rotatable bonds is 8. The van der Waals surface area contributed by atoms with E-state index in [0.29, 0.717) is 0 Å². The van der Waals surface area contributed by atoms with Gasteiger partial charge >= 0.3 is 0 Å². The lowest BCUT2D eigenvalue weighted by molar-refractivity contribution is -0.0524. The monoisotopic (exact) mass is 197 g/mol. The molecule has 82 valence electrons. The molecule has 0 aromatic carbocycles. The number of hydrogen-bond donors (Lipinski definition) is 0. The number of hydroxylamine groups is 2. The lowest BCUT2D eigenvalue weighted by Gasteiger charge is -2.15. The molecule has 0 unspecified atom stereocenters. The van der Waals surface area contributed by atoms with Gasteiger partial charge in [-0.15, -0.1) is 0 Å². The quantitative estimate of drug-likeness (QED) is 0.432. The smallest absolute Gasteiger partial charge is 0.115 e. The molecule has 0 aromatic heterocycles. The van der Waals surface area contributed by atoms with E-state index in [4.69, 9.17) is 4.84 Å². The minimum atomic E-state index is 0.872. The van der Waals surface area contributed by atoms with Gasteiger partial charge in [0.2, 0.25) is 0 Å². The molecule has 0 radical (unpaired) electrons. The van der Waals surface area contributed by atoms with E-state index < -0.39 is 0 Å². The van der Waals surface area contributed by atoms with Crippen molar-refractivity contribution in [2.45, 2.75) is 46.5 Å². The van der Waals surface area contributed by atoms with Crippen LogP contribution in [0.25, 0.3) is 0 Å². The summed E-state index contributed by atoms with van der Waals surface area (Å²) in [5.74, 6) is 0. The number of unbranched alkanes of at least 4 members (excludes halogenated alkanes) is 2. The molecule has 0 amide bonds. The Labute approximate surface area is 88.2 Å². The highest BCUT2D eigenvalue weighted by Crippen LogP contribution is 1.97. The second kappa shape index (κ2) is 10.2. The SMILES string of the molecule is CCC/C=C/ON(/C=C/CCC)CC. The number of allylic oxidation sites excluding steroid dienone is 2. The third-order valence-electron chi connectivity index (χ3n) is 1.79. The fourth-order valence-corrected chi connectivity index (χ4v) is 0.930. The molecule has 14 heavy (non-hydrogen) atoms. The summed E-state index contributed by atoms with van der Waals surface area (Å²) in [4.78, 5) is 5.41. The molecule has 0 aromatic rings. The van der Waals surface area contributed by atoms with Crippen molar-refractivity contribution in [3.63, 3.8) is 0 Å². The van der Waals surface area contributed by atoms with Crippen LogP contribution >= 0.6 is 0 Å². The highest BCUT2D eigenvalue weighted by molar-refractivity contribution is 4.79. The molecule has 0 rings (SSSR count). The lowest BCUT2D eigenvalue weighted by Crippen LogP contribution is -2.13. The summed E-state index contributed by atoms with van der Waals surface area (Å²) in [5.41, 5.74) is 0. The van der Waals surface area contributed by atoms with E-state index in [1.165, 1.54) is 6.42 Å². The van der Waals surface area contributed by atoms with Crippen LogP contribution in [0.15, 0.2) is 24.6 Å². The molecular formula is C12H23NO. The zero-order valence-corrected chi connectivity index (χ0v) is 9.70. The second-order valence-corrected chi connectivity index (χ2v) is 3.17. The summed E-state index contributed by atoms with van der Waals surface area (Å²) in [7, 11) is 0. The second-order valence-electron chi connectivity index (χ2n) is 3.17. The van der Waals surface area contributed by atoms with Crippen molar-refractivity contribution in [3.8, 4) is 0 Å². The summed E-state index contributed by atoms with van der Waals surface area (Å²) in [6.45, 7) is 7.27. The van der Waals surface area contributed by atoms with E-state index in [1.807, 2.05) is 11.3 Å². The fourth-order valence-electron chi connectivity index (χ4n) is 0.930. The third kappa shape index (κ3) is 7.71. The molecule has 0 aliphatic heterocycles. The largest absolute Gasteiger partial charge is 0.388 e. The molecule has 0 spiro atoms. The Bertz CT molecular complexity index is 164. The first-order valence-corrected chi connectivity index (χ1v) is 5.60. The van der Waals surface area contributed by atoms with Crippen molar-refractivity contribution in [1.82, 2.24) is 5.06 Å². The first-order chi connectivity index (χ1) is 6.85. The van der Waals surface area contributed by atoms with Crippen LogP contribution in [0, 0.1) is 0 Å². The highest BCUT2D eigenvalue weighted by Gasteiger charge is 1.90. The van der Waals surface area contributed by atoms with Gasteiger partial charge in [-0.25, -0.2) is 5.06 Å². The molecule has 0 N–H and O–H groups in total. The fraction of sp³-hybridized carbons (Fsp3) is 0.667. The molecule has 0 saturated heterocycles. The highest BCUT2D eigenvalue weighted by atomic mass is 16.7. The average Bonchev–Trinajstić information content (AvgIpc) is 2.22. The Kier molecular flexibility index (Phi) is 9.49. The summed E-state index contributed by atoms with van der Waals surface area (Å²) < 4.78 is 0. The van der Waals surface area contributed by atoms with E-state index in [0.717, 1.165) is 25.8 Å². The van der Waals surface area contributed by atoms with Crippen LogP contribution in [-0.2, 0) is 4.84 Å². The van der Waals surface area contributed by atoms with Gasteiger partial charge in [0.15, 0.2) is 0 Å². The molecule has 0 bridgehead atoms. The van der Waals surface area contributed by atoms with E-state index in [1.54, 1.807) is 6.26 Å². The Balaban J connectivity index is 3.67. The maximum atomic E-state index is 5.41. The minimum absolute atomic E-state index is 0.872. The van der Waals surface area contributed by atoms with Crippen LogP contribution < -0.4 is 0 Å². The van der Waals surface area contributed by atoms with Crippen molar-refractivity contribution >= 4 is 0 Å². The summed E-state index contributed by atoms with van der Waals surface area (Å²) in [5, 5.41) is 1.84. The minimum Gasteiger partial charge on any atom is -0.388 e. The van der Waals surface area contributed by atoms with Gasteiger partial charge in [0, 0.05) is 6.20 Å². The zero-order chi connectivity index (χ0) is 10.6. The topological polar surface area (TPSA) is 12.5 Å². The van der Waals surface area contributed by atoms with Gasteiger partial charge in [-0.1, -0.05) is 32.8 Å². The van der Waals surface area contributed by atoms with Gasteiger partial charge in [0.1, 0.15) is 6.26 Å². The van der Waals surface area contributed by atoms with Gasteiger partial charge in [0.05, 0.1) is 6.54 Å². The van der Waals surface area contributed by atoms with Crippen molar-refractivity contribution in [2.24, 2.45) is 0 Å². The first kappa shape index (κ1) is 13.1. The van der Waals surface area contributed by atoms with Crippen molar-refractivity contribution in [2.75, 3.05) is 6.54 Å². The standard InChI is InChI=1S/C12H23NO/c1-4-7-9-11-13(6-3)14-12-10-8-5-2/h9-12H,4-8H2,1-3H3/b11-9+,12-10+. The molecule has 2 heteroatoms. The van der Waals surface area contributed by atoms with E-state index in [2.05, 4.69) is 32.9 Å². The maximum Gasteiger partial charge on any atom is 0.115 e. The molecule has 2 nitrogen and oxygen atoms in total. The molecule has 0 heterocycles. The molecule has 0 fully saturated rings. The van der Waals surface area contributed by atoms with Gasteiger partial charge in [-0.2, -0.15) is 0 Å². The van der Waals surface area contributed by atoms with Crippen molar-refractivity contribution in [3.05, 3.63) is 24.6 Å². The van der Waals surface area contributed by atoms with Crippen LogP contribution in [0.5, 0.6) is 0 Å².